The lowest BCUT2D eigenvalue weighted by Crippen LogP contribution is -2.11. The lowest BCUT2D eigenvalue weighted by Gasteiger charge is -2.05. The van der Waals surface area contributed by atoms with Crippen molar-refractivity contribution in [1.29, 1.82) is 0 Å². The van der Waals surface area contributed by atoms with E-state index in [0.717, 1.165) is 23.4 Å². The van der Waals surface area contributed by atoms with Crippen LogP contribution in [0.2, 0.25) is 0 Å². The Morgan fingerprint density at radius 3 is 1.75 bits per heavy atom. The fourth-order valence-electron chi connectivity index (χ4n) is 1.32. The summed E-state index contributed by atoms with van der Waals surface area (Å²) in [7, 11) is 0. The van der Waals surface area contributed by atoms with Crippen LogP contribution >= 0.6 is 23.5 Å². The van der Waals surface area contributed by atoms with Gasteiger partial charge in [0.2, 0.25) is 0 Å². The quantitative estimate of drug-likeness (QED) is 0.744. The SMILES string of the molecule is CSc1ncnn1CCn1ncnc1SC. The Balaban J connectivity index is 2.02. The highest BCUT2D eigenvalue weighted by atomic mass is 32.2. The average Bonchev–Trinajstić information content (AvgIpc) is 2.94. The second-order valence-corrected chi connectivity index (χ2v) is 4.49. The van der Waals surface area contributed by atoms with Gasteiger partial charge in [0.1, 0.15) is 12.7 Å². The van der Waals surface area contributed by atoms with Crippen molar-refractivity contribution >= 4 is 23.5 Å². The standard InChI is InChI=1S/C8H12N6S2/c1-15-7-9-5-11-13(7)3-4-14-8(16-2)10-6-12-14/h5-6H,3-4H2,1-2H3. The van der Waals surface area contributed by atoms with Crippen LogP contribution in [0.1, 0.15) is 0 Å². The predicted octanol–water partition coefficient (Wildman–Crippen LogP) is 1.01. The Morgan fingerprint density at radius 1 is 0.938 bits per heavy atom. The van der Waals surface area contributed by atoms with E-state index in [1.807, 2.05) is 21.9 Å². The van der Waals surface area contributed by atoms with Gasteiger partial charge in [-0.3, -0.25) is 0 Å². The third-order valence-electron chi connectivity index (χ3n) is 2.05. The van der Waals surface area contributed by atoms with Gasteiger partial charge >= 0.3 is 0 Å². The van der Waals surface area contributed by atoms with Crippen LogP contribution in [0.3, 0.4) is 0 Å². The third-order valence-corrected chi connectivity index (χ3v) is 3.41. The summed E-state index contributed by atoms with van der Waals surface area (Å²) in [5, 5.41) is 10.2. The van der Waals surface area contributed by atoms with Crippen LogP contribution in [-0.2, 0) is 13.1 Å². The minimum atomic E-state index is 0.757. The monoisotopic (exact) mass is 256 g/mol. The molecule has 0 aliphatic heterocycles. The van der Waals surface area contributed by atoms with Crippen molar-refractivity contribution in [3.63, 3.8) is 0 Å². The number of aromatic nitrogens is 6. The predicted molar refractivity (Wildman–Crippen MR) is 63.6 cm³/mol. The molecular weight excluding hydrogens is 244 g/mol. The molecular formula is C8H12N6S2. The molecule has 0 amide bonds. The molecule has 0 radical (unpaired) electrons. The second kappa shape index (κ2) is 5.35. The van der Waals surface area contributed by atoms with Gasteiger partial charge in [0.05, 0.1) is 13.1 Å². The molecule has 8 heteroatoms. The molecule has 0 saturated heterocycles. The summed E-state index contributed by atoms with van der Waals surface area (Å²) >= 11 is 3.18. The molecule has 0 saturated carbocycles. The van der Waals surface area contributed by atoms with E-state index in [0.29, 0.717) is 0 Å². The molecule has 0 fully saturated rings. The normalized spacial score (nSPS) is 10.9. The maximum atomic E-state index is 4.16. The summed E-state index contributed by atoms with van der Waals surface area (Å²) in [6.07, 6.45) is 7.12. The van der Waals surface area contributed by atoms with Gasteiger partial charge in [-0.15, -0.1) is 0 Å². The highest BCUT2D eigenvalue weighted by Crippen LogP contribution is 2.12. The molecule has 6 nitrogen and oxygen atoms in total. The van der Waals surface area contributed by atoms with Crippen molar-refractivity contribution in [3.05, 3.63) is 12.7 Å². The summed E-state index contributed by atoms with van der Waals surface area (Å²) in [4.78, 5) is 8.28. The van der Waals surface area contributed by atoms with Gasteiger partial charge in [-0.05, 0) is 12.5 Å². The molecule has 2 heterocycles. The van der Waals surface area contributed by atoms with Gasteiger partial charge < -0.3 is 0 Å². The minimum Gasteiger partial charge on any atom is -0.239 e. The van der Waals surface area contributed by atoms with Gasteiger partial charge in [-0.1, -0.05) is 23.5 Å². The van der Waals surface area contributed by atoms with Crippen LogP contribution in [0.15, 0.2) is 23.0 Å². The first kappa shape index (κ1) is 11.5. The van der Waals surface area contributed by atoms with Crippen LogP contribution in [-0.4, -0.2) is 42.0 Å². The zero-order valence-electron chi connectivity index (χ0n) is 9.07. The summed E-state index contributed by atoms with van der Waals surface area (Å²) in [6.45, 7) is 1.51. The second-order valence-electron chi connectivity index (χ2n) is 2.94. The highest BCUT2D eigenvalue weighted by molar-refractivity contribution is 7.98. The van der Waals surface area contributed by atoms with Crippen LogP contribution in [0.5, 0.6) is 0 Å². The molecule has 0 spiro atoms. The van der Waals surface area contributed by atoms with Gasteiger partial charge in [-0.25, -0.2) is 19.3 Å². The first-order chi connectivity index (χ1) is 7.85. The van der Waals surface area contributed by atoms with E-state index in [1.54, 1.807) is 36.2 Å². The van der Waals surface area contributed by atoms with Crippen LogP contribution in [0, 0.1) is 0 Å². The van der Waals surface area contributed by atoms with Crippen LogP contribution in [0.4, 0.5) is 0 Å². The minimum absolute atomic E-state index is 0.757. The fourth-order valence-corrected chi connectivity index (χ4v) is 2.32. The Labute approximate surface area is 102 Å². The van der Waals surface area contributed by atoms with Gasteiger partial charge in [-0.2, -0.15) is 10.2 Å². The van der Waals surface area contributed by atoms with E-state index in [2.05, 4.69) is 20.2 Å². The average molecular weight is 256 g/mol. The number of hydrogen-bond acceptors (Lipinski definition) is 6. The Morgan fingerprint density at radius 2 is 1.38 bits per heavy atom. The molecule has 0 aliphatic rings. The maximum Gasteiger partial charge on any atom is 0.185 e. The number of hydrogen-bond donors (Lipinski definition) is 0. The van der Waals surface area contributed by atoms with Crippen LogP contribution < -0.4 is 0 Å². The zero-order chi connectivity index (χ0) is 11.4. The first-order valence-corrected chi connectivity index (χ1v) is 7.13. The van der Waals surface area contributed by atoms with Gasteiger partial charge in [0.15, 0.2) is 10.3 Å². The Hall–Kier alpha value is -1.02. The fraction of sp³-hybridized carbons (Fsp3) is 0.500. The molecule has 0 aliphatic carbocycles. The zero-order valence-corrected chi connectivity index (χ0v) is 10.7. The summed E-state index contributed by atoms with van der Waals surface area (Å²) < 4.78 is 3.74. The van der Waals surface area contributed by atoms with E-state index in [4.69, 9.17) is 0 Å². The van der Waals surface area contributed by atoms with Crippen molar-refractivity contribution in [2.24, 2.45) is 0 Å². The first-order valence-electron chi connectivity index (χ1n) is 4.68. The Kier molecular flexibility index (Phi) is 3.83. The molecule has 0 aromatic carbocycles. The van der Waals surface area contributed by atoms with E-state index >= 15 is 0 Å². The molecule has 86 valence electrons. The topological polar surface area (TPSA) is 61.4 Å². The molecule has 0 atom stereocenters. The summed E-state index contributed by atoms with van der Waals surface area (Å²) in [5.74, 6) is 0. The highest BCUT2D eigenvalue weighted by Gasteiger charge is 2.05. The van der Waals surface area contributed by atoms with E-state index in [1.165, 1.54) is 0 Å². The summed E-state index contributed by atoms with van der Waals surface area (Å²) in [5.41, 5.74) is 0. The Bertz CT molecular complexity index is 409. The lowest BCUT2D eigenvalue weighted by molar-refractivity contribution is 0.449. The lowest BCUT2D eigenvalue weighted by atomic mass is 10.6. The molecule has 0 bridgehead atoms. The van der Waals surface area contributed by atoms with Gasteiger partial charge in [0.25, 0.3) is 0 Å². The number of thioether (sulfide) groups is 2. The van der Waals surface area contributed by atoms with Crippen LogP contribution in [0.25, 0.3) is 0 Å². The summed E-state index contributed by atoms with van der Waals surface area (Å²) in [6, 6.07) is 0. The van der Waals surface area contributed by atoms with Crippen molar-refractivity contribution in [2.75, 3.05) is 12.5 Å². The molecule has 0 N–H and O–H groups in total. The van der Waals surface area contributed by atoms with Gasteiger partial charge in [0, 0.05) is 0 Å². The maximum absolute atomic E-state index is 4.16. The third kappa shape index (κ3) is 2.38. The number of aryl methyl sites for hydroxylation is 2. The van der Waals surface area contributed by atoms with E-state index in [9.17, 15) is 0 Å². The van der Waals surface area contributed by atoms with E-state index in [-0.39, 0.29) is 0 Å². The molecule has 0 unspecified atom stereocenters. The largest absolute Gasteiger partial charge is 0.239 e. The van der Waals surface area contributed by atoms with Crippen molar-refractivity contribution < 1.29 is 0 Å². The molecule has 2 rings (SSSR count). The molecule has 2 aromatic heterocycles. The van der Waals surface area contributed by atoms with Crippen molar-refractivity contribution in [2.45, 2.75) is 23.4 Å². The number of nitrogens with zero attached hydrogens (tertiary/aromatic N) is 6. The van der Waals surface area contributed by atoms with Crippen molar-refractivity contribution in [3.8, 4) is 0 Å². The smallest absolute Gasteiger partial charge is 0.185 e. The molecule has 2 aromatic rings. The number of rotatable bonds is 5. The molecule has 16 heavy (non-hydrogen) atoms. The van der Waals surface area contributed by atoms with E-state index < -0.39 is 0 Å². The van der Waals surface area contributed by atoms with Crippen molar-refractivity contribution in [1.82, 2.24) is 29.5 Å².